The molecule has 1 aliphatic heterocycles. The Bertz CT molecular complexity index is 646. The first-order chi connectivity index (χ1) is 9.19. The summed E-state index contributed by atoms with van der Waals surface area (Å²) in [5, 5.41) is 0. The first-order valence-electron chi connectivity index (χ1n) is 6.08. The molecule has 0 bridgehead atoms. The lowest BCUT2D eigenvalue weighted by Crippen LogP contribution is -2.04. The van der Waals surface area contributed by atoms with Crippen LogP contribution in [0.3, 0.4) is 0 Å². The van der Waals surface area contributed by atoms with Gasteiger partial charge in [-0.3, -0.25) is 0 Å². The standard InChI is InChI=1S/C14H14N2O3/c1-9-8-16-5-6-19-12-4-3-10(14(17)18-2)7-11(12)13(16)15-9/h3-4,7-8H,5-6H2,1-2H3. The Morgan fingerprint density at radius 2 is 2.32 bits per heavy atom. The van der Waals surface area contributed by atoms with E-state index in [2.05, 4.69) is 4.98 Å². The molecule has 0 saturated heterocycles. The highest BCUT2D eigenvalue weighted by atomic mass is 16.5. The largest absolute Gasteiger partial charge is 0.491 e. The summed E-state index contributed by atoms with van der Waals surface area (Å²) in [7, 11) is 1.37. The summed E-state index contributed by atoms with van der Waals surface area (Å²) in [5.41, 5.74) is 2.28. The summed E-state index contributed by atoms with van der Waals surface area (Å²) in [6, 6.07) is 5.27. The number of benzene rings is 1. The summed E-state index contributed by atoms with van der Waals surface area (Å²) >= 11 is 0. The molecule has 0 radical (unpaired) electrons. The molecule has 0 aliphatic carbocycles. The van der Waals surface area contributed by atoms with Crippen molar-refractivity contribution in [1.82, 2.24) is 9.55 Å². The number of hydrogen-bond acceptors (Lipinski definition) is 4. The summed E-state index contributed by atoms with van der Waals surface area (Å²) < 4.78 is 12.5. The van der Waals surface area contributed by atoms with Crippen molar-refractivity contribution >= 4 is 5.97 Å². The molecule has 5 nitrogen and oxygen atoms in total. The molecular formula is C14H14N2O3. The number of methoxy groups -OCH3 is 1. The fourth-order valence-corrected chi connectivity index (χ4v) is 2.26. The van der Waals surface area contributed by atoms with Gasteiger partial charge in [0.2, 0.25) is 0 Å². The van der Waals surface area contributed by atoms with Crippen molar-refractivity contribution in [1.29, 1.82) is 0 Å². The van der Waals surface area contributed by atoms with E-state index in [-0.39, 0.29) is 5.97 Å². The van der Waals surface area contributed by atoms with Crippen LogP contribution >= 0.6 is 0 Å². The van der Waals surface area contributed by atoms with Gasteiger partial charge in [-0.05, 0) is 25.1 Å². The SMILES string of the molecule is COC(=O)c1ccc2c(c1)-c1nc(C)cn1CCO2. The lowest BCUT2D eigenvalue weighted by molar-refractivity contribution is 0.0601. The Balaban J connectivity index is 2.17. The van der Waals surface area contributed by atoms with Crippen LogP contribution in [0, 0.1) is 6.92 Å². The molecule has 0 atom stereocenters. The van der Waals surface area contributed by atoms with Crippen LogP contribution in [0.5, 0.6) is 5.75 Å². The number of fused-ring (bicyclic) bond motifs is 3. The highest BCUT2D eigenvalue weighted by Crippen LogP contribution is 2.32. The van der Waals surface area contributed by atoms with E-state index in [0.29, 0.717) is 12.2 Å². The molecule has 0 N–H and O–H groups in total. The molecule has 2 aromatic rings. The van der Waals surface area contributed by atoms with Crippen LogP contribution in [-0.2, 0) is 11.3 Å². The summed E-state index contributed by atoms with van der Waals surface area (Å²) in [4.78, 5) is 16.1. The second-order valence-corrected chi connectivity index (χ2v) is 4.45. The third-order valence-electron chi connectivity index (χ3n) is 3.13. The van der Waals surface area contributed by atoms with Gasteiger partial charge >= 0.3 is 5.97 Å². The van der Waals surface area contributed by atoms with E-state index >= 15 is 0 Å². The fraction of sp³-hybridized carbons (Fsp3) is 0.286. The van der Waals surface area contributed by atoms with Crippen LogP contribution < -0.4 is 4.74 Å². The number of rotatable bonds is 1. The predicted octanol–water partition coefficient (Wildman–Crippen LogP) is 2.04. The Morgan fingerprint density at radius 1 is 1.47 bits per heavy atom. The molecular weight excluding hydrogens is 244 g/mol. The van der Waals surface area contributed by atoms with Crippen molar-refractivity contribution in [3.63, 3.8) is 0 Å². The van der Waals surface area contributed by atoms with Crippen LogP contribution in [0.25, 0.3) is 11.4 Å². The number of aromatic nitrogens is 2. The van der Waals surface area contributed by atoms with Gasteiger partial charge < -0.3 is 14.0 Å². The van der Waals surface area contributed by atoms with Crippen LogP contribution in [0.2, 0.25) is 0 Å². The third kappa shape index (κ3) is 1.97. The van der Waals surface area contributed by atoms with Crippen LogP contribution in [0.4, 0.5) is 0 Å². The van der Waals surface area contributed by atoms with Gasteiger partial charge in [0.15, 0.2) is 0 Å². The maximum atomic E-state index is 11.6. The second-order valence-electron chi connectivity index (χ2n) is 4.45. The lowest BCUT2D eigenvalue weighted by Gasteiger charge is -2.07. The van der Waals surface area contributed by atoms with Gasteiger partial charge in [-0.15, -0.1) is 0 Å². The molecule has 0 fully saturated rings. The van der Waals surface area contributed by atoms with E-state index in [1.165, 1.54) is 7.11 Å². The molecule has 3 rings (SSSR count). The normalized spacial score (nSPS) is 12.9. The minimum absolute atomic E-state index is 0.359. The maximum absolute atomic E-state index is 11.6. The smallest absolute Gasteiger partial charge is 0.337 e. The molecule has 0 amide bonds. The molecule has 0 saturated carbocycles. The minimum Gasteiger partial charge on any atom is -0.491 e. The van der Waals surface area contributed by atoms with Gasteiger partial charge in [0.05, 0.1) is 30.5 Å². The number of esters is 1. The third-order valence-corrected chi connectivity index (χ3v) is 3.13. The molecule has 2 heterocycles. The minimum atomic E-state index is -0.359. The van der Waals surface area contributed by atoms with Gasteiger partial charge in [-0.2, -0.15) is 0 Å². The number of imidazole rings is 1. The summed E-state index contributed by atoms with van der Waals surface area (Å²) in [6.45, 7) is 3.29. The number of ether oxygens (including phenoxy) is 2. The van der Waals surface area contributed by atoms with Crippen molar-refractivity contribution < 1.29 is 14.3 Å². The second kappa shape index (κ2) is 4.42. The summed E-state index contributed by atoms with van der Waals surface area (Å²) in [6.07, 6.45) is 1.98. The van der Waals surface area contributed by atoms with E-state index in [0.717, 1.165) is 29.4 Å². The van der Waals surface area contributed by atoms with Crippen LogP contribution in [0.1, 0.15) is 16.1 Å². The molecule has 1 aromatic heterocycles. The van der Waals surface area contributed by atoms with Crippen molar-refractivity contribution in [2.75, 3.05) is 13.7 Å². The monoisotopic (exact) mass is 258 g/mol. The Hall–Kier alpha value is -2.30. The number of carbonyl (C=O) groups is 1. The van der Waals surface area contributed by atoms with Crippen LogP contribution in [-0.4, -0.2) is 29.2 Å². The number of nitrogens with zero attached hydrogens (tertiary/aromatic N) is 2. The van der Waals surface area contributed by atoms with Gasteiger partial charge in [-0.1, -0.05) is 0 Å². The van der Waals surface area contributed by atoms with E-state index in [1.54, 1.807) is 18.2 Å². The van der Waals surface area contributed by atoms with Gasteiger partial charge in [0.25, 0.3) is 0 Å². The number of aryl methyl sites for hydroxylation is 1. The average Bonchev–Trinajstić information content (AvgIpc) is 2.71. The molecule has 19 heavy (non-hydrogen) atoms. The van der Waals surface area contributed by atoms with E-state index in [9.17, 15) is 4.79 Å². The van der Waals surface area contributed by atoms with E-state index in [4.69, 9.17) is 9.47 Å². The zero-order valence-electron chi connectivity index (χ0n) is 10.8. The highest BCUT2D eigenvalue weighted by Gasteiger charge is 2.19. The molecule has 0 spiro atoms. The molecule has 1 aromatic carbocycles. The summed E-state index contributed by atoms with van der Waals surface area (Å²) in [5.74, 6) is 1.22. The molecule has 98 valence electrons. The number of carbonyl (C=O) groups excluding carboxylic acids is 1. The van der Waals surface area contributed by atoms with Crippen molar-refractivity contribution in [3.05, 3.63) is 35.7 Å². The van der Waals surface area contributed by atoms with Crippen molar-refractivity contribution in [2.24, 2.45) is 0 Å². The van der Waals surface area contributed by atoms with E-state index < -0.39 is 0 Å². The Kier molecular flexibility index (Phi) is 2.74. The van der Waals surface area contributed by atoms with Crippen LogP contribution in [0.15, 0.2) is 24.4 Å². The van der Waals surface area contributed by atoms with Gasteiger partial charge in [-0.25, -0.2) is 9.78 Å². The molecule has 0 unspecified atom stereocenters. The highest BCUT2D eigenvalue weighted by molar-refractivity contribution is 5.91. The Morgan fingerprint density at radius 3 is 3.11 bits per heavy atom. The van der Waals surface area contributed by atoms with Crippen molar-refractivity contribution in [3.8, 4) is 17.1 Å². The maximum Gasteiger partial charge on any atom is 0.337 e. The quantitative estimate of drug-likeness (QED) is 0.734. The van der Waals surface area contributed by atoms with E-state index in [1.807, 2.05) is 17.7 Å². The molecule has 1 aliphatic rings. The Labute approximate surface area is 110 Å². The predicted molar refractivity (Wildman–Crippen MR) is 69.2 cm³/mol. The lowest BCUT2D eigenvalue weighted by atomic mass is 10.1. The number of hydrogen-bond donors (Lipinski definition) is 0. The van der Waals surface area contributed by atoms with Gasteiger partial charge in [0.1, 0.15) is 18.2 Å². The zero-order chi connectivity index (χ0) is 13.4. The topological polar surface area (TPSA) is 53.3 Å². The first kappa shape index (κ1) is 11.8. The fourth-order valence-electron chi connectivity index (χ4n) is 2.26. The van der Waals surface area contributed by atoms with Crippen molar-refractivity contribution in [2.45, 2.75) is 13.5 Å². The van der Waals surface area contributed by atoms with Gasteiger partial charge in [0, 0.05) is 6.20 Å². The average molecular weight is 258 g/mol. The zero-order valence-corrected chi connectivity index (χ0v) is 10.8. The molecule has 5 heteroatoms. The first-order valence-corrected chi connectivity index (χ1v) is 6.08.